The molecule has 0 saturated carbocycles. The maximum Gasteiger partial charge on any atom is 0.224 e. The Bertz CT molecular complexity index is 560. The second-order valence-electron chi connectivity index (χ2n) is 6.89. The monoisotopic (exact) mass is 331 g/mol. The van der Waals surface area contributed by atoms with E-state index in [1.165, 1.54) is 0 Å². The van der Waals surface area contributed by atoms with Crippen molar-refractivity contribution < 1.29 is 9.59 Å². The highest BCUT2D eigenvalue weighted by molar-refractivity contribution is 5.92. The largest absolute Gasteiger partial charge is 0.378 e. The molecule has 0 N–H and O–H groups in total. The highest BCUT2D eigenvalue weighted by Gasteiger charge is 2.21. The van der Waals surface area contributed by atoms with E-state index in [0.717, 1.165) is 37.3 Å². The van der Waals surface area contributed by atoms with Crippen LogP contribution in [0.25, 0.3) is 0 Å². The van der Waals surface area contributed by atoms with E-state index in [1.54, 1.807) is 11.8 Å². The maximum atomic E-state index is 12.4. The molecule has 1 aromatic carbocycles. The summed E-state index contributed by atoms with van der Waals surface area (Å²) in [6, 6.07) is 7.84. The topological polar surface area (TPSA) is 43.9 Å². The summed E-state index contributed by atoms with van der Waals surface area (Å²) in [5.74, 6) is 0.823. The highest BCUT2D eigenvalue weighted by Crippen LogP contribution is 2.21. The summed E-state index contributed by atoms with van der Waals surface area (Å²) < 4.78 is 0. The van der Waals surface area contributed by atoms with Crippen LogP contribution in [0, 0.1) is 5.92 Å². The quantitative estimate of drug-likeness (QED) is 0.833. The van der Waals surface area contributed by atoms with Gasteiger partial charge in [-0.15, -0.1) is 0 Å². The minimum absolute atomic E-state index is 0.0346. The number of amides is 2. The zero-order valence-electron chi connectivity index (χ0n) is 15.3. The molecule has 0 aliphatic carbocycles. The van der Waals surface area contributed by atoms with E-state index in [-0.39, 0.29) is 11.8 Å². The molecule has 0 unspecified atom stereocenters. The third-order valence-electron chi connectivity index (χ3n) is 4.74. The molecule has 5 nitrogen and oxygen atoms in total. The van der Waals surface area contributed by atoms with Gasteiger partial charge in [-0.05, 0) is 43.0 Å². The van der Waals surface area contributed by atoms with Crippen LogP contribution in [0.3, 0.4) is 0 Å². The fourth-order valence-electron chi connectivity index (χ4n) is 3.02. The number of rotatable bonds is 5. The molecule has 0 atom stereocenters. The summed E-state index contributed by atoms with van der Waals surface area (Å²) in [6.45, 7) is 5.90. The minimum atomic E-state index is -0.0346. The molecule has 0 spiro atoms. The van der Waals surface area contributed by atoms with E-state index in [1.807, 2.05) is 48.2 Å². The second-order valence-corrected chi connectivity index (χ2v) is 6.89. The number of hydrogen-bond donors (Lipinski definition) is 0. The normalized spacial score (nSPS) is 15.2. The van der Waals surface area contributed by atoms with Crippen molar-refractivity contribution in [2.75, 3.05) is 43.5 Å². The molecule has 2 amide bonds. The van der Waals surface area contributed by atoms with E-state index < -0.39 is 0 Å². The number of carbonyl (C=O) groups is 2. The molecule has 1 aliphatic rings. The first kappa shape index (κ1) is 18.3. The van der Waals surface area contributed by atoms with Gasteiger partial charge < -0.3 is 14.7 Å². The van der Waals surface area contributed by atoms with E-state index >= 15 is 0 Å². The van der Waals surface area contributed by atoms with Crippen LogP contribution in [-0.4, -0.2) is 50.4 Å². The van der Waals surface area contributed by atoms with Crippen molar-refractivity contribution in [1.82, 2.24) is 4.90 Å². The van der Waals surface area contributed by atoms with Crippen molar-refractivity contribution in [3.8, 4) is 0 Å². The smallest absolute Gasteiger partial charge is 0.224 e. The minimum Gasteiger partial charge on any atom is -0.378 e. The van der Waals surface area contributed by atoms with Gasteiger partial charge in [-0.1, -0.05) is 6.92 Å². The highest BCUT2D eigenvalue weighted by atomic mass is 16.2. The first-order valence-electron chi connectivity index (χ1n) is 8.71. The molecule has 1 aliphatic heterocycles. The molecule has 0 aromatic heterocycles. The Balaban J connectivity index is 1.96. The third-order valence-corrected chi connectivity index (χ3v) is 4.74. The zero-order valence-corrected chi connectivity index (χ0v) is 15.3. The Kier molecular flexibility index (Phi) is 6.23. The number of piperidine rings is 1. The van der Waals surface area contributed by atoms with Gasteiger partial charge in [-0.3, -0.25) is 9.59 Å². The molecule has 1 aromatic rings. The van der Waals surface area contributed by atoms with Crippen LogP contribution in [0.15, 0.2) is 24.3 Å². The average Bonchev–Trinajstić information content (AvgIpc) is 2.55. The lowest BCUT2D eigenvalue weighted by Crippen LogP contribution is -2.40. The van der Waals surface area contributed by atoms with E-state index in [0.29, 0.717) is 18.9 Å². The Hall–Kier alpha value is -2.04. The summed E-state index contributed by atoms with van der Waals surface area (Å²) in [5, 5.41) is 0. The Labute approximate surface area is 145 Å². The average molecular weight is 331 g/mol. The molecule has 1 saturated heterocycles. The molecule has 5 heteroatoms. The predicted octanol–water partition coefficient (Wildman–Crippen LogP) is 2.75. The molecule has 2 rings (SSSR count). The number of anilines is 2. The first-order chi connectivity index (χ1) is 11.4. The van der Waals surface area contributed by atoms with Crippen molar-refractivity contribution in [3.05, 3.63) is 24.3 Å². The number of likely N-dealkylation sites (tertiary alicyclic amines) is 1. The van der Waals surface area contributed by atoms with Gasteiger partial charge in [0.05, 0.1) is 0 Å². The fraction of sp³-hybridized carbons (Fsp3) is 0.579. The fourth-order valence-corrected chi connectivity index (χ4v) is 3.02. The number of hydrogen-bond acceptors (Lipinski definition) is 3. The van der Waals surface area contributed by atoms with Gasteiger partial charge in [0, 0.05) is 58.4 Å². The molecule has 0 bridgehead atoms. The van der Waals surface area contributed by atoms with E-state index in [2.05, 4.69) is 6.92 Å². The lowest BCUT2D eigenvalue weighted by molar-refractivity contribution is -0.132. The number of benzene rings is 1. The van der Waals surface area contributed by atoms with Crippen LogP contribution in [0.4, 0.5) is 11.4 Å². The van der Waals surface area contributed by atoms with Gasteiger partial charge in [0.15, 0.2) is 0 Å². The van der Waals surface area contributed by atoms with Gasteiger partial charge in [0.2, 0.25) is 11.8 Å². The number of nitrogens with zero attached hydrogens (tertiary/aromatic N) is 3. The molecular formula is C19H29N3O2. The van der Waals surface area contributed by atoms with Crippen molar-refractivity contribution in [2.24, 2.45) is 5.92 Å². The van der Waals surface area contributed by atoms with Gasteiger partial charge in [0.1, 0.15) is 0 Å². The Morgan fingerprint density at radius 2 is 1.62 bits per heavy atom. The van der Waals surface area contributed by atoms with E-state index in [4.69, 9.17) is 0 Å². The molecule has 132 valence electrons. The third kappa shape index (κ3) is 4.73. The molecule has 1 fully saturated rings. The van der Waals surface area contributed by atoms with E-state index in [9.17, 15) is 9.59 Å². The van der Waals surface area contributed by atoms with Gasteiger partial charge in [-0.25, -0.2) is 0 Å². The lowest BCUT2D eigenvalue weighted by atomic mass is 9.99. The van der Waals surface area contributed by atoms with Crippen LogP contribution in [0.2, 0.25) is 0 Å². The zero-order chi connectivity index (χ0) is 17.7. The molecular weight excluding hydrogens is 302 g/mol. The van der Waals surface area contributed by atoms with Crippen LogP contribution in [0.1, 0.15) is 33.1 Å². The van der Waals surface area contributed by atoms with Crippen molar-refractivity contribution in [2.45, 2.75) is 33.1 Å². The van der Waals surface area contributed by atoms with Crippen LogP contribution in [0.5, 0.6) is 0 Å². The number of carbonyl (C=O) groups excluding carboxylic acids is 2. The maximum absolute atomic E-state index is 12.4. The van der Waals surface area contributed by atoms with Gasteiger partial charge >= 0.3 is 0 Å². The van der Waals surface area contributed by atoms with Crippen LogP contribution in [-0.2, 0) is 9.59 Å². The Morgan fingerprint density at radius 1 is 1.08 bits per heavy atom. The van der Waals surface area contributed by atoms with Crippen LogP contribution >= 0.6 is 0 Å². The molecule has 24 heavy (non-hydrogen) atoms. The van der Waals surface area contributed by atoms with Gasteiger partial charge in [0.25, 0.3) is 0 Å². The van der Waals surface area contributed by atoms with Crippen molar-refractivity contribution >= 4 is 23.2 Å². The van der Waals surface area contributed by atoms with Crippen molar-refractivity contribution in [1.29, 1.82) is 0 Å². The first-order valence-corrected chi connectivity index (χ1v) is 8.71. The summed E-state index contributed by atoms with van der Waals surface area (Å²) >= 11 is 0. The summed E-state index contributed by atoms with van der Waals surface area (Å²) in [6.07, 6.45) is 2.53. The second kappa shape index (κ2) is 8.18. The Morgan fingerprint density at radius 3 is 2.12 bits per heavy atom. The predicted molar refractivity (Wildman–Crippen MR) is 98.4 cm³/mol. The summed E-state index contributed by atoms with van der Waals surface area (Å²) in [5.41, 5.74) is 1.92. The SMILES string of the molecule is CC(=O)N(CCC(=O)N1CCC(C)CC1)c1ccc(N(C)C)cc1. The molecule has 1 heterocycles. The summed E-state index contributed by atoms with van der Waals surface area (Å²) in [4.78, 5) is 30.0. The molecule has 0 radical (unpaired) electrons. The van der Waals surface area contributed by atoms with Gasteiger partial charge in [-0.2, -0.15) is 0 Å². The van der Waals surface area contributed by atoms with Crippen molar-refractivity contribution in [3.63, 3.8) is 0 Å². The summed E-state index contributed by atoms with van der Waals surface area (Å²) in [7, 11) is 3.96. The standard InChI is InChI=1S/C19H29N3O2/c1-15-9-12-21(13-10-15)19(24)11-14-22(16(2)23)18-7-5-17(6-8-18)20(3)4/h5-8,15H,9-14H2,1-4H3. The lowest BCUT2D eigenvalue weighted by Gasteiger charge is -2.31. The van der Waals surface area contributed by atoms with Crippen LogP contribution < -0.4 is 9.80 Å².